The topological polar surface area (TPSA) is 55.4 Å². The maximum atomic E-state index is 5.35. The highest BCUT2D eigenvalue weighted by molar-refractivity contribution is 14.0. The molecule has 2 heterocycles. The number of piperazine rings is 1. The Morgan fingerprint density at radius 1 is 1.00 bits per heavy atom. The predicted molar refractivity (Wildman–Crippen MR) is 144 cm³/mol. The third-order valence-electron chi connectivity index (χ3n) is 6.56. The summed E-state index contributed by atoms with van der Waals surface area (Å²) in [5.74, 6) is 1.82. The zero-order chi connectivity index (χ0) is 22.1. The molecule has 0 radical (unpaired) electrons. The number of benzene rings is 1. The number of methoxy groups -OCH3 is 1. The van der Waals surface area contributed by atoms with Crippen molar-refractivity contribution in [2.24, 2.45) is 4.99 Å². The van der Waals surface area contributed by atoms with Crippen molar-refractivity contribution in [1.82, 2.24) is 25.3 Å². The number of ether oxygens (including phenoxy) is 1. The van der Waals surface area contributed by atoms with Crippen molar-refractivity contribution in [3.8, 4) is 5.75 Å². The molecule has 2 saturated heterocycles. The molecular weight excluding hydrogens is 515 g/mol. The van der Waals surface area contributed by atoms with E-state index in [9.17, 15) is 0 Å². The summed E-state index contributed by atoms with van der Waals surface area (Å²) in [6.45, 7) is 13.8. The number of aliphatic imine (C=N–C) groups is 1. The van der Waals surface area contributed by atoms with Crippen LogP contribution >= 0.6 is 24.0 Å². The minimum Gasteiger partial charge on any atom is -0.497 e. The SMILES string of the molecule is CCNC(=NCC(C)N1CCN(C)CC1)NCC(c1ccc(OC)cc1)N1CCCC1.I. The third kappa shape index (κ3) is 8.04. The molecule has 0 amide bonds. The molecule has 3 rings (SSSR count). The van der Waals surface area contributed by atoms with Crippen LogP contribution in [0.15, 0.2) is 29.3 Å². The third-order valence-corrected chi connectivity index (χ3v) is 6.56. The van der Waals surface area contributed by atoms with Crippen LogP contribution < -0.4 is 15.4 Å². The van der Waals surface area contributed by atoms with Crippen molar-refractivity contribution in [1.29, 1.82) is 0 Å². The van der Waals surface area contributed by atoms with Crippen LogP contribution in [-0.2, 0) is 0 Å². The van der Waals surface area contributed by atoms with E-state index in [1.165, 1.54) is 18.4 Å². The molecule has 0 aromatic heterocycles. The summed E-state index contributed by atoms with van der Waals surface area (Å²) in [6.07, 6.45) is 2.56. The first-order valence-corrected chi connectivity index (χ1v) is 11.9. The number of guanidine groups is 1. The number of likely N-dealkylation sites (tertiary alicyclic amines) is 1. The zero-order valence-corrected chi connectivity index (χ0v) is 22.7. The average Bonchev–Trinajstić information content (AvgIpc) is 3.33. The largest absolute Gasteiger partial charge is 0.497 e. The molecule has 0 saturated carbocycles. The van der Waals surface area contributed by atoms with Crippen LogP contribution in [-0.4, -0.2) is 99.8 Å². The van der Waals surface area contributed by atoms with Crippen molar-refractivity contribution < 1.29 is 4.74 Å². The van der Waals surface area contributed by atoms with Crippen molar-refractivity contribution in [2.75, 3.05) is 73.1 Å². The highest BCUT2D eigenvalue weighted by Gasteiger charge is 2.24. The Bertz CT molecular complexity index is 672. The number of nitrogens with zero attached hydrogens (tertiary/aromatic N) is 4. The molecule has 2 atom stereocenters. The van der Waals surface area contributed by atoms with E-state index >= 15 is 0 Å². The van der Waals surface area contributed by atoms with Gasteiger partial charge in [0.2, 0.25) is 0 Å². The molecule has 2 fully saturated rings. The molecule has 2 aliphatic rings. The van der Waals surface area contributed by atoms with Gasteiger partial charge in [-0.25, -0.2) is 0 Å². The lowest BCUT2D eigenvalue weighted by atomic mass is 10.1. The van der Waals surface area contributed by atoms with Gasteiger partial charge in [-0.1, -0.05) is 12.1 Å². The minimum absolute atomic E-state index is 0. The van der Waals surface area contributed by atoms with Gasteiger partial charge in [-0.3, -0.25) is 14.8 Å². The lowest BCUT2D eigenvalue weighted by Gasteiger charge is -2.36. The number of nitrogens with one attached hydrogen (secondary N) is 2. The van der Waals surface area contributed by atoms with E-state index in [2.05, 4.69) is 70.5 Å². The van der Waals surface area contributed by atoms with Gasteiger partial charge in [0.1, 0.15) is 5.75 Å². The minimum atomic E-state index is 0. The highest BCUT2D eigenvalue weighted by Crippen LogP contribution is 2.26. The lowest BCUT2D eigenvalue weighted by molar-refractivity contribution is 0.122. The van der Waals surface area contributed by atoms with Gasteiger partial charge in [0.15, 0.2) is 5.96 Å². The van der Waals surface area contributed by atoms with Crippen molar-refractivity contribution in [2.45, 2.75) is 38.8 Å². The summed E-state index contributed by atoms with van der Waals surface area (Å²) in [5.41, 5.74) is 1.33. The molecule has 0 bridgehead atoms. The molecule has 7 nitrogen and oxygen atoms in total. The molecule has 2 aliphatic heterocycles. The smallest absolute Gasteiger partial charge is 0.191 e. The molecule has 2 unspecified atom stereocenters. The van der Waals surface area contributed by atoms with Crippen LogP contribution in [0.4, 0.5) is 0 Å². The van der Waals surface area contributed by atoms with E-state index in [0.29, 0.717) is 12.1 Å². The number of rotatable bonds is 9. The van der Waals surface area contributed by atoms with Crippen LogP contribution in [0.25, 0.3) is 0 Å². The zero-order valence-electron chi connectivity index (χ0n) is 20.3. The van der Waals surface area contributed by atoms with Crippen LogP contribution in [0.5, 0.6) is 5.75 Å². The second kappa shape index (κ2) is 14.2. The second-order valence-corrected chi connectivity index (χ2v) is 8.82. The van der Waals surface area contributed by atoms with E-state index in [4.69, 9.17) is 9.73 Å². The lowest BCUT2D eigenvalue weighted by Crippen LogP contribution is -2.49. The van der Waals surface area contributed by atoms with Crippen LogP contribution in [0.1, 0.15) is 38.3 Å². The van der Waals surface area contributed by atoms with E-state index in [1.807, 2.05) is 0 Å². The van der Waals surface area contributed by atoms with Gasteiger partial charge in [-0.05, 0) is 64.5 Å². The Hall–Kier alpha value is -1.10. The Morgan fingerprint density at radius 3 is 2.25 bits per heavy atom. The van der Waals surface area contributed by atoms with Gasteiger partial charge < -0.3 is 20.3 Å². The molecule has 1 aromatic carbocycles. The molecule has 0 aliphatic carbocycles. The molecule has 8 heteroatoms. The summed E-state index contributed by atoms with van der Waals surface area (Å²) in [4.78, 5) is 12.5. The Balaban J connectivity index is 0.00000363. The fourth-order valence-corrected chi connectivity index (χ4v) is 4.47. The Kier molecular flexibility index (Phi) is 12.1. The number of hydrogen-bond donors (Lipinski definition) is 2. The van der Waals surface area contributed by atoms with Gasteiger partial charge >= 0.3 is 0 Å². The highest BCUT2D eigenvalue weighted by atomic mass is 127. The maximum absolute atomic E-state index is 5.35. The summed E-state index contributed by atoms with van der Waals surface area (Å²) in [6, 6.07) is 9.32. The van der Waals surface area contributed by atoms with E-state index in [-0.39, 0.29) is 24.0 Å². The summed E-state index contributed by atoms with van der Waals surface area (Å²) < 4.78 is 5.35. The molecular formula is C24H43IN6O. The Morgan fingerprint density at radius 2 is 1.66 bits per heavy atom. The van der Waals surface area contributed by atoms with E-state index < -0.39 is 0 Å². The first kappa shape index (κ1) is 27.1. The van der Waals surface area contributed by atoms with Crippen molar-refractivity contribution in [3.63, 3.8) is 0 Å². The quantitative estimate of drug-likeness (QED) is 0.276. The standard InChI is InChI=1S/C24H42N6O.HI/c1-5-25-24(26-18-20(2)29-16-14-28(3)15-17-29)27-19-23(30-12-6-7-13-30)21-8-10-22(31-4)11-9-21;/h8-11,20,23H,5-7,12-19H2,1-4H3,(H2,25,26,27);1H. The second-order valence-electron chi connectivity index (χ2n) is 8.82. The van der Waals surface area contributed by atoms with Gasteiger partial charge in [-0.2, -0.15) is 0 Å². The number of hydrogen-bond acceptors (Lipinski definition) is 5. The first-order valence-electron chi connectivity index (χ1n) is 11.9. The molecule has 1 aromatic rings. The molecule has 0 spiro atoms. The molecule has 182 valence electrons. The number of halogens is 1. The number of likely N-dealkylation sites (N-methyl/N-ethyl adjacent to an activating group) is 1. The average molecular weight is 559 g/mol. The predicted octanol–water partition coefficient (Wildman–Crippen LogP) is 2.64. The molecule has 32 heavy (non-hydrogen) atoms. The van der Waals surface area contributed by atoms with Crippen molar-refractivity contribution >= 4 is 29.9 Å². The fourth-order valence-electron chi connectivity index (χ4n) is 4.47. The summed E-state index contributed by atoms with van der Waals surface area (Å²) >= 11 is 0. The summed E-state index contributed by atoms with van der Waals surface area (Å²) in [7, 11) is 3.92. The van der Waals surface area contributed by atoms with Gasteiger partial charge in [0.05, 0.1) is 19.7 Å². The Labute approximate surface area is 212 Å². The maximum Gasteiger partial charge on any atom is 0.191 e. The monoisotopic (exact) mass is 558 g/mol. The van der Waals surface area contributed by atoms with E-state index in [0.717, 1.165) is 70.6 Å². The molecule has 2 N–H and O–H groups in total. The van der Waals surface area contributed by atoms with Gasteiger partial charge in [0, 0.05) is 45.3 Å². The van der Waals surface area contributed by atoms with Gasteiger partial charge in [0.25, 0.3) is 0 Å². The fraction of sp³-hybridized carbons (Fsp3) is 0.708. The van der Waals surface area contributed by atoms with Gasteiger partial charge in [-0.15, -0.1) is 24.0 Å². The van der Waals surface area contributed by atoms with Crippen molar-refractivity contribution in [3.05, 3.63) is 29.8 Å². The summed E-state index contributed by atoms with van der Waals surface area (Å²) in [5, 5.41) is 7.07. The van der Waals surface area contributed by atoms with Crippen LogP contribution in [0, 0.1) is 0 Å². The normalized spacial score (nSPS) is 20.4. The van der Waals surface area contributed by atoms with Crippen LogP contribution in [0.3, 0.4) is 0 Å². The van der Waals surface area contributed by atoms with Crippen LogP contribution in [0.2, 0.25) is 0 Å². The van der Waals surface area contributed by atoms with E-state index in [1.54, 1.807) is 7.11 Å². The first-order chi connectivity index (χ1) is 15.1.